The number of fused-ring (bicyclic) bond motifs is 1. The minimum Gasteiger partial charge on any atom is -0.310 e. The first-order chi connectivity index (χ1) is 13.7. The summed E-state index contributed by atoms with van der Waals surface area (Å²) in [4.78, 5) is 6.58. The van der Waals surface area contributed by atoms with Crippen LogP contribution in [0.3, 0.4) is 0 Å². The SMILES string of the molecule is CN1CCN(CCCNC2CCSc3ccc(Br)cc32)C(c2ccccc2)C1. The van der Waals surface area contributed by atoms with Crippen molar-refractivity contribution >= 4 is 27.7 Å². The molecule has 2 aromatic rings. The monoisotopic (exact) mass is 459 g/mol. The standard InChI is InChI=1S/C23H30BrN3S/c1-26-13-14-27(22(17-26)18-6-3-2-4-7-18)12-5-11-25-21-10-15-28-23-9-8-19(24)16-20(21)23/h2-4,6-9,16,21-22,25H,5,10-15,17H2,1H3. The molecule has 5 heteroatoms. The van der Waals surface area contributed by atoms with Gasteiger partial charge in [-0.2, -0.15) is 0 Å². The van der Waals surface area contributed by atoms with E-state index in [1.807, 2.05) is 11.8 Å². The lowest BCUT2D eigenvalue weighted by Gasteiger charge is -2.40. The molecular weight excluding hydrogens is 430 g/mol. The first-order valence-electron chi connectivity index (χ1n) is 10.3. The van der Waals surface area contributed by atoms with E-state index in [4.69, 9.17) is 0 Å². The summed E-state index contributed by atoms with van der Waals surface area (Å²) in [7, 11) is 2.24. The molecule has 0 aromatic heterocycles. The average molecular weight is 460 g/mol. The van der Waals surface area contributed by atoms with Gasteiger partial charge in [0.2, 0.25) is 0 Å². The van der Waals surface area contributed by atoms with Crippen LogP contribution in [-0.2, 0) is 0 Å². The molecule has 4 rings (SSSR count). The van der Waals surface area contributed by atoms with Crippen molar-refractivity contribution in [3.63, 3.8) is 0 Å². The van der Waals surface area contributed by atoms with Crippen molar-refractivity contribution in [1.82, 2.24) is 15.1 Å². The van der Waals surface area contributed by atoms with Gasteiger partial charge in [-0.1, -0.05) is 46.3 Å². The van der Waals surface area contributed by atoms with Crippen LogP contribution in [0.25, 0.3) is 0 Å². The van der Waals surface area contributed by atoms with E-state index in [1.54, 1.807) is 0 Å². The second kappa shape index (κ2) is 9.77. The summed E-state index contributed by atoms with van der Waals surface area (Å²) in [5.74, 6) is 1.21. The number of piperazine rings is 1. The summed E-state index contributed by atoms with van der Waals surface area (Å²) >= 11 is 5.63. The fraction of sp³-hybridized carbons (Fsp3) is 0.478. The van der Waals surface area contributed by atoms with Crippen molar-refractivity contribution in [3.8, 4) is 0 Å². The van der Waals surface area contributed by atoms with Crippen molar-refractivity contribution in [3.05, 3.63) is 64.1 Å². The molecule has 1 saturated heterocycles. The topological polar surface area (TPSA) is 18.5 Å². The maximum Gasteiger partial charge on any atom is 0.0475 e. The molecule has 2 heterocycles. The first-order valence-corrected chi connectivity index (χ1v) is 12.1. The van der Waals surface area contributed by atoms with Crippen LogP contribution in [0.15, 0.2) is 57.9 Å². The maximum atomic E-state index is 3.84. The zero-order chi connectivity index (χ0) is 19.3. The molecule has 1 N–H and O–H groups in total. The zero-order valence-electron chi connectivity index (χ0n) is 16.6. The van der Waals surface area contributed by atoms with Gasteiger partial charge in [-0.05, 0) is 61.5 Å². The highest BCUT2D eigenvalue weighted by Crippen LogP contribution is 2.37. The second-order valence-electron chi connectivity index (χ2n) is 7.90. The molecule has 0 saturated carbocycles. The summed E-state index contributed by atoms with van der Waals surface area (Å²) in [6.45, 7) is 5.69. The van der Waals surface area contributed by atoms with E-state index in [9.17, 15) is 0 Å². The predicted molar refractivity (Wildman–Crippen MR) is 123 cm³/mol. The van der Waals surface area contributed by atoms with E-state index in [1.165, 1.54) is 39.1 Å². The Kier molecular flexibility index (Phi) is 7.13. The normalized spacial score (nSPS) is 23.5. The van der Waals surface area contributed by atoms with Crippen molar-refractivity contribution < 1.29 is 0 Å². The highest BCUT2D eigenvalue weighted by Gasteiger charge is 2.26. The molecule has 1 fully saturated rings. The van der Waals surface area contributed by atoms with E-state index in [0.29, 0.717) is 12.1 Å². The Balaban J connectivity index is 1.32. The highest BCUT2D eigenvalue weighted by atomic mass is 79.9. The Morgan fingerprint density at radius 1 is 1.14 bits per heavy atom. The number of hydrogen-bond acceptors (Lipinski definition) is 4. The number of nitrogens with one attached hydrogen (secondary N) is 1. The Bertz CT molecular complexity index is 770. The zero-order valence-corrected chi connectivity index (χ0v) is 19.0. The predicted octanol–water partition coefficient (Wildman–Crippen LogP) is 4.95. The van der Waals surface area contributed by atoms with Crippen LogP contribution in [0.2, 0.25) is 0 Å². The van der Waals surface area contributed by atoms with Crippen molar-refractivity contribution in [2.75, 3.05) is 45.5 Å². The van der Waals surface area contributed by atoms with Gasteiger partial charge in [-0.25, -0.2) is 0 Å². The molecule has 2 aliphatic rings. The van der Waals surface area contributed by atoms with Crippen LogP contribution in [0.5, 0.6) is 0 Å². The lowest BCUT2D eigenvalue weighted by Crippen LogP contribution is -2.47. The molecular formula is C23H30BrN3S. The lowest BCUT2D eigenvalue weighted by molar-refractivity contribution is 0.0886. The van der Waals surface area contributed by atoms with Crippen LogP contribution in [-0.4, -0.2) is 55.3 Å². The highest BCUT2D eigenvalue weighted by molar-refractivity contribution is 9.10. The molecule has 0 radical (unpaired) electrons. The van der Waals surface area contributed by atoms with Crippen molar-refractivity contribution in [2.45, 2.75) is 29.8 Å². The number of rotatable bonds is 6. The molecule has 0 bridgehead atoms. The van der Waals surface area contributed by atoms with Gasteiger partial charge in [-0.15, -0.1) is 11.8 Å². The van der Waals surface area contributed by atoms with E-state index in [0.717, 1.165) is 32.7 Å². The van der Waals surface area contributed by atoms with Gasteiger partial charge in [0.05, 0.1) is 0 Å². The summed E-state index contributed by atoms with van der Waals surface area (Å²) in [6, 6.07) is 18.7. The summed E-state index contributed by atoms with van der Waals surface area (Å²) in [5, 5.41) is 3.84. The lowest BCUT2D eigenvalue weighted by atomic mass is 10.0. The number of halogens is 1. The smallest absolute Gasteiger partial charge is 0.0475 e. The van der Waals surface area contributed by atoms with Gasteiger partial charge in [-0.3, -0.25) is 4.90 Å². The minimum absolute atomic E-state index is 0.492. The number of likely N-dealkylation sites (N-methyl/N-ethyl adjacent to an activating group) is 1. The van der Waals surface area contributed by atoms with E-state index in [-0.39, 0.29) is 0 Å². The van der Waals surface area contributed by atoms with Gasteiger partial charge >= 0.3 is 0 Å². The molecule has 2 aliphatic heterocycles. The van der Waals surface area contributed by atoms with Crippen LogP contribution in [0.4, 0.5) is 0 Å². The quantitative estimate of drug-likeness (QED) is 0.615. The molecule has 0 amide bonds. The summed E-state index contributed by atoms with van der Waals surface area (Å²) in [5.41, 5.74) is 2.91. The maximum absolute atomic E-state index is 3.84. The van der Waals surface area contributed by atoms with E-state index >= 15 is 0 Å². The minimum atomic E-state index is 0.492. The van der Waals surface area contributed by atoms with Crippen LogP contribution in [0.1, 0.15) is 36.1 Å². The molecule has 0 aliphatic carbocycles. The summed E-state index contributed by atoms with van der Waals surface area (Å²) < 4.78 is 1.18. The van der Waals surface area contributed by atoms with Gasteiger partial charge in [0, 0.05) is 47.6 Å². The Morgan fingerprint density at radius 2 is 2.00 bits per heavy atom. The third-order valence-electron chi connectivity index (χ3n) is 5.90. The van der Waals surface area contributed by atoms with Gasteiger partial charge in [0.25, 0.3) is 0 Å². The third-order valence-corrected chi connectivity index (χ3v) is 7.52. The van der Waals surface area contributed by atoms with Crippen LogP contribution < -0.4 is 5.32 Å². The molecule has 150 valence electrons. The summed E-state index contributed by atoms with van der Waals surface area (Å²) in [6.07, 6.45) is 2.41. The number of benzene rings is 2. The molecule has 2 unspecified atom stereocenters. The third kappa shape index (κ3) is 5.00. The second-order valence-corrected chi connectivity index (χ2v) is 9.96. The average Bonchev–Trinajstić information content (AvgIpc) is 2.73. The Labute approximate surface area is 182 Å². The number of nitrogens with zero attached hydrogens (tertiary/aromatic N) is 2. The Morgan fingerprint density at radius 3 is 2.86 bits per heavy atom. The molecule has 0 spiro atoms. The van der Waals surface area contributed by atoms with Crippen LogP contribution >= 0.6 is 27.7 Å². The number of thioether (sulfide) groups is 1. The Hall–Kier alpha value is -0.850. The molecule has 3 nitrogen and oxygen atoms in total. The van der Waals surface area contributed by atoms with Gasteiger partial charge in [0.15, 0.2) is 0 Å². The molecule has 28 heavy (non-hydrogen) atoms. The molecule has 2 aromatic carbocycles. The van der Waals surface area contributed by atoms with Crippen LogP contribution in [0, 0.1) is 0 Å². The fourth-order valence-electron chi connectivity index (χ4n) is 4.35. The van der Waals surface area contributed by atoms with Crippen molar-refractivity contribution in [1.29, 1.82) is 0 Å². The van der Waals surface area contributed by atoms with Gasteiger partial charge < -0.3 is 10.2 Å². The van der Waals surface area contributed by atoms with Crippen molar-refractivity contribution in [2.24, 2.45) is 0 Å². The largest absolute Gasteiger partial charge is 0.310 e. The fourth-order valence-corrected chi connectivity index (χ4v) is 5.84. The first kappa shape index (κ1) is 20.4. The number of hydrogen-bond donors (Lipinski definition) is 1. The van der Waals surface area contributed by atoms with Gasteiger partial charge in [0.1, 0.15) is 0 Å². The van der Waals surface area contributed by atoms with E-state index < -0.39 is 0 Å². The molecule has 2 atom stereocenters. The van der Waals surface area contributed by atoms with E-state index in [2.05, 4.69) is 86.6 Å².